The molecule has 0 aliphatic carbocycles. The normalized spacial score (nSPS) is 28.5. The van der Waals surface area contributed by atoms with Crippen LogP contribution < -0.4 is 4.74 Å². The van der Waals surface area contributed by atoms with E-state index in [9.17, 15) is 4.79 Å². The lowest BCUT2D eigenvalue weighted by Crippen LogP contribution is -2.49. The molecule has 1 aliphatic rings. The van der Waals surface area contributed by atoms with Gasteiger partial charge in [-0.05, 0) is 12.8 Å². The van der Waals surface area contributed by atoms with Gasteiger partial charge in [0.1, 0.15) is 12.2 Å². The van der Waals surface area contributed by atoms with Crippen LogP contribution in [0, 0.1) is 0 Å². The van der Waals surface area contributed by atoms with Crippen LogP contribution in [0.15, 0.2) is 6.08 Å². The van der Waals surface area contributed by atoms with Crippen molar-refractivity contribution in [2.24, 2.45) is 0 Å². The highest BCUT2D eigenvalue weighted by atomic mass is 32.1. The minimum atomic E-state index is -4.06. The van der Waals surface area contributed by atoms with E-state index in [1.165, 1.54) is 0 Å². The molecule has 0 radical (unpaired) electrons. The molecule has 0 fully saturated rings. The molecule has 29 heavy (non-hydrogen) atoms. The zero-order chi connectivity index (χ0) is 32.4. The summed E-state index contributed by atoms with van der Waals surface area (Å²) in [5.41, 5.74) is 0.494. The van der Waals surface area contributed by atoms with Gasteiger partial charge in [-0.3, -0.25) is 4.48 Å². The van der Waals surface area contributed by atoms with Crippen molar-refractivity contribution in [1.82, 2.24) is 8.75 Å². The van der Waals surface area contributed by atoms with Crippen molar-refractivity contribution in [3.63, 3.8) is 0 Å². The first kappa shape index (κ1) is 11.1. The number of rotatable bonds is 13. The van der Waals surface area contributed by atoms with E-state index in [-0.39, 0.29) is 30.1 Å². The molecule has 0 aromatic carbocycles. The minimum absolute atomic E-state index is 0.00672. The third-order valence-electron chi connectivity index (χ3n) is 4.22. The Morgan fingerprint density at radius 3 is 3.03 bits per heavy atom. The quantitative estimate of drug-likeness (QED) is 0.244. The Bertz CT molecular complexity index is 1130. The van der Waals surface area contributed by atoms with Gasteiger partial charge in [-0.15, -0.1) is 4.37 Å². The van der Waals surface area contributed by atoms with E-state index in [0.717, 1.165) is 12.8 Å². The highest BCUT2D eigenvalue weighted by Gasteiger charge is 2.31. The second kappa shape index (κ2) is 12.8. The molecule has 0 bridgehead atoms. The van der Waals surface area contributed by atoms with Crippen molar-refractivity contribution in [1.29, 1.82) is 0 Å². The number of likely N-dealkylation sites (N-methyl/N-ethyl adjacent to an activating group) is 1. The van der Waals surface area contributed by atoms with Crippen LogP contribution in [-0.2, 0) is 9.47 Å². The van der Waals surface area contributed by atoms with Crippen LogP contribution in [0.1, 0.15) is 88.5 Å². The van der Waals surface area contributed by atoms with Crippen molar-refractivity contribution in [2.45, 2.75) is 65.0 Å². The SMILES string of the molecule is [2H]C([2H])([2H])C([2H])([2H])C([2H])([2H])C([2H])([2H])C([2H])([2H])C([2H])([2H])Oc1nsnc1C1=CCC[N+](C)(COC(=O)OCCCCC)C1. The molecule has 1 aliphatic heterocycles. The average molecular weight is 440 g/mol. The number of unbranched alkanes of at least 4 members (excludes halogenated alkanes) is 2. The second-order valence-corrected chi connectivity index (χ2v) is 7.25. The maximum Gasteiger partial charge on any atom is 0.512 e. The maximum absolute atomic E-state index is 12.0. The van der Waals surface area contributed by atoms with Gasteiger partial charge in [0.05, 0.1) is 41.2 Å². The zero-order valence-corrected chi connectivity index (χ0v) is 17.4. The number of carbonyl (C=O) groups is 1. The molecule has 2 rings (SSSR count). The average Bonchev–Trinajstić information content (AvgIpc) is 3.31. The Morgan fingerprint density at radius 1 is 1.31 bits per heavy atom. The number of aromatic nitrogens is 2. The highest BCUT2D eigenvalue weighted by Crippen LogP contribution is 2.30. The number of ether oxygens (including phenoxy) is 3. The van der Waals surface area contributed by atoms with Crippen LogP contribution in [0.3, 0.4) is 0 Å². The largest absolute Gasteiger partial charge is 0.512 e. The minimum Gasteiger partial charge on any atom is -0.475 e. The van der Waals surface area contributed by atoms with E-state index in [4.69, 9.17) is 32.0 Å². The molecule has 0 spiro atoms. The van der Waals surface area contributed by atoms with Crippen molar-refractivity contribution in [3.05, 3.63) is 11.8 Å². The molecule has 7 nitrogen and oxygen atoms in total. The third-order valence-corrected chi connectivity index (χ3v) is 4.73. The molecule has 8 heteroatoms. The topological polar surface area (TPSA) is 70.5 Å². The van der Waals surface area contributed by atoms with Crippen LogP contribution >= 0.6 is 11.7 Å². The molecule has 164 valence electrons. The van der Waals surface area contributed by atoms with Crippen molar-refractivity contribution < 1.29 is 41.3 Å². The van der Waals surface area contributed by atoms with Gasteiger partial charge in [0.15, 0.2) is 0 Å². The number of hydrogen-bond donors (Lipinski definition) is 0. The fourth-order valence-electron chi connectivity index (χ4n) is 2.75. The fraction of sp³-hybridized carbons (Fsp3) is 0.762. The van der Waals surface area contributed by atoms with E-state index in [2.05, 4.69) is 8.75 Å². The van der Waals surface area contributed by atoms with Crippen LogP contribution in [0.2, 0.25) is 0 Å². The number of quaternary nitrogens is 1. The standard InChI is InChI=1S/C21H36N3O4S/c1-4-6-8-10-14-26-20-19(22-29-23-20)18-12-11-13-24(3,16-18)17-28-21(25)27-15-9-7-5-2/h12H,4-11,13-17H2,1-3H3/q+1/i1D3,4D2,6D2,8D2,10D2,14D2. The monoisotopic (exact) mass is 439 g/mol. The highest BCUT2D eigenvalue weighted by molar-refractivity contribution is 6.99. The van der Waals surface area contributed by atoms with Gasteiger partial charge in [0.25, 0.3) is 5.88 Å². The summed E-state index contributed by atoms with van der Waals surface area (Å²) in [4.78, 5) is 12.0. The molecule has 1 unspecified atom stereocenters. The van der Waals surface area contributed by atoms with Crippen LogP contribution in [-0.4, -0.2) is 59.4 Å². The Labute approximate surface area is 197 Å². The molecule has 0 amide bonds. The molecule has 2 heterocycles. The predicted octanol–water partition coefficient (Wildman–Crippen LogP) is 5.03. The van der Waals surface area contributed by atoms with Crippen LogP contribution in [0.5, 0.6) is 5.88 Å². The Balaban J connectivity index is 2.25. The summed E-state index contributed by atoms with van der Waals surface area (Å²) in [6.45, 7) is -4.41. The van der Waals surface area contributed by atoms with E-state index in [1.807, 2.05) is 6.92 Å². The summed E-state index contributed by atoms with van der Waals surface area (Å²) in [5, 5.41) is 0. The van der Waals surface area contributed by atoms with Gasteiger partial charge in [0, 0.05) is 27.1 Å². The molecule has 1 aromatic rings. The summed E-state index contributed by atoms with van der Waals surface area (Å²) in [6.07, 6.45) is -11.9. The fourth-order valence-corrected chi connectivity index (χ4v) is 3.27. The van der Waals surface area contributed by atoms with E-state index < -0.39 is 50.9 Å². The van der Waals surface area contributed by atoms with Gasteiger partial charge >= 0.3 is 6.16 Å². The lowest BCUT2D eigenvalue weighted by Gasteiger charge is -2.36. The van der Waals surface area contributed by atoms with E-state index in [0.29, 0.717) is 36.7 Å². The molecule has 1 atom stereocenters. The molecule has 1 aromatic heterocycles. The first-order valence-corrected chi connectivity index (χ1v) is 10.0. The lowest BCUT2D eigenvalue weighted by atomic mass is 10.1. The summed E-state index contributed by atoms with van der Waals surface area (Å²) < 4.78 is 126. The molecular weight excluding hydrogens is 390 g/mol. The Morgan fingerprint density at radius 2 is 2.21 bits per heavy atom. The molecule has 0 N–H and O–H groups in total. The molecule has 0 saturated heterocycles. The molecular formula is C21H36N3O4S+. The first-order chi connectivity index (χ1) is 19.0. The number of nitrogens with zero attached hydrogens (tertiary/aromatic N) is 3. The summed E-state index contributed by atoms with van der Waals surface area (Å²) in [5.74, 6) is -0.528. The number of carbonyl (C=O) groups excluding carboxylic acids is 1. The Kier molecular flexibility index (Phi) is 4.90. The van der Waals surface area contributed by atoms with Crippen molar-refractivity contribution in [3.8, 4) is 5.88 Å². The van der Waals surface area contributed by atoms with Gasteiger partial charge in [-0.25, -0.2) is 4.79 Å². The first-order valence-electron chi connectivity index (χ1n) is 15.8. The van der Waals surface area contributed by atoms with E-state index in [1.54, 1.807) is 13.1 Å². The van der Waals surface area contributed by atoms with Gasteiger partial charge in [-0.1, -0.05) is 51.8 Å². The van der Waals surface area contributed by atoms with Gasteiger partial charge < -0.3 is 14.2 Å². The zero-order valence-electron chi connectivity index (χ0n) is 29.6. The summed E-state index contributed by atoms with van der Waals surface area (Å²) >= 11 is 0.594. The predicted molar refractivity (Wildman–Crippen MR) is 115 cm³/mol. The number of hydrogen-bond acceptors (Lipinski definition) is 7. The van der Waals surface area contributed by atoms with Crippen LogP contribution in [0.25, 0.3) is 5.57 Å². The summed E-state index contributed by atoms with van der Waals surface area (Å²) in [7, 11) is 1.80. The molecule has 0 saturated carbocycles. The van der Waals surface area contributed by atoms with Gasteiger partial charge in [-0.2, -0.15) is 4.37 Å². The van der Waals surface area contributed by atoms with Gasteiger partial charge in [0.2, 0.25) is 6.73 Å². The smallest absolute Gasteiger partial charge is 0.475 e. The van der Waals surface area contributed by atoms with Crippen LogP contribution in [0.4, 0.5) is 4.79 Å². The summed E-state index contributed by atoms with van der Waals surface area (Å²) in [6, 6.07) is 0. The third kappa shape index (κ3) is 8.30. The van der Waals surface area contributed by atoms with Crippen molar-refractivity contribution in [2.75, 3.05) is 40.0 Å². The van der Waals surface area contributed by atoms with E-state index >= 15 is 0 Å². The second-order valence-electron chi connectivity index (χ2n) is 6.72. The lowest BCUT2D eigenvalue weighted by molar-refractivity contribution is -0.919. The maximum atomic E-state index is 12.0. The Hall–Kier alpha value is -1.67. The van der Waals surface area contributed by atoms with Crippen molar-refractivity contribution >= 4 is 23.5 Å².